The van der Waals surface area contributed by atoms with Crippen LogP contribution in [0, 0.1) is 5.92 Å². The summed E-state index contributed by atoms with van der Waals surface area (Å²) in [5.41, 5.74) is 5.61. The predicted molar refractivity (Wildman–Crippen MR) is 90.9 cm³/mol. The van der Waals surface area contributed by atoms with Crippen LogP contribution in [0.2, 0.25) is 0 Å². The van der Waals surface area contributed by atoms with Gasteiger partial charge < -0.3 is 11.1 Å². The second-order valence-corrected chi connectivity index (χ2v) is 6.76. The van der Waals surface area contributed by atoms with E-state index in [1.54, 1.807) is 18.3 Å². The Hall–Kier alpha value is -0.620. The van der Waals surface area contributed by atoms with Gasteiger partial charge >= 0.3 is 0 Å². The molecule has 2 rings (SSSR count). The molecule has 0 aromatic carbocycles. The number of nitrogens with one attached hydrogen (secondary N) is 1. The molecule has 1 aliphatic rings. The largest absolute Gasteiger partial charge is 0.353 e. The monoisotopic (exact) mass is 331 g/mol. The van der Waals surface area contributed by atoms with Gasteiger partial charge in [0.25, 0.3) is 0 Å². The fraction of sp³-hybridized carbons (Fsp3) is 0.667. The molecular formula is C15H26ClN3OS. The number of nitrogens with zero attached hydrogens (tertiary/aromatic N) is 1. The molecule has 1 aromatic heterocycles. The second kappa shape index (κ2) is 8.73. The van der Waals surface area contributed by atoms with Gasteiger partial charge in [0.05, 0.1) is 12.1 Å². The summed E-state index contributed by atoms with van der Waals surface area (Å²) in [6.45, 7) is 6.90. The normalized spacial score (nSPS) is 19.6. The first-order chi connectivity index (χ1) is 9.58. The topological polar surface area (TPSA) is 58.4 Å². The third-order valence-electron chi connectivity index (χ3n) is 4.01. The fourth-order valence-corrected chi connectivity index (χ4v) is 3.45. The number of hydrogen-bond donors (Lipinski definition) is 2. The van der Waals surface area contributed by atoms with E-state index >= 15 is 0 Å². The molecule has 0 aliphatic carbocycles. The summed E-state index contributed by atoms with van der Waals surface area (Å²) < 4.78 is 0. The van der Waals surface area contributed by atoms with Crippen molar-refractivity contribution in [2.45, 2.75) is 38.8 Å². The first-order valence-corrected chi connectivity index (χ1v) is 8.26. The van der Waals surface area contributed by atoms with Gasteiger partial charge in [0.1, 0.15) is 0 Å². The van der Waals surface area contributed by atoms with Crippen LogP contribution < -0.4 is 11.1 Å². The maximum atomic E-state index is 11.7. The quantitative estimate of drug-likeness (QED) is 0.871. The third-order valence-corrected chi connectivity index (χ3v) is 4.99. The molecule has 2 heterocycles. The van der Waals surface area contributed by atoms with Crippen molar-refractivity contribution >= 4 is 29.7 Å². The summed E-state index contributed by atoms with van der Waals surface area (Å²) >= 11 is 1.76. The van der Waals surface area contributed by atoms with Crippen molar-refractivity contribution in [1.82, 2.24) is 10.2 Å². The van der Waals surface area contributed by atoms with Crippen LogP contribution in [0.25, 0.3) is 0 Å². The Morgan fingerprint density at radius 3 is 2.71 bits per heavy atom. The van der Waals surface area contributed by atoms with Gasteiger partial charge in [0.15, 0.2) is 0 Å². The zero-order chi connectivity index (χ0) is 14.5. The van der Waals surface area contributed by atoms with Gasteiger partial charge in [-0.3, -0.25) is 9.69 Å². The molecule has 120 valence electrons. The summed E-state index contributed by atoms with van der Waals surface area (Å²) in [4.78, 5) is 15.5. The maximum Gasteiger partial charge on any atom is 0.236 e. The number of nitrogens with two attached hydrogens (primary N) is 1. The Balaban J connectivity index is 0.00000220. The van der Waals surface area contributed by atoms with Gasteiger partial charge in [-0.15, -0.1) is 23.7 Å². The molecule has 1 aromatic rings. The summed E-state index contributed by atoms with van der Waals surface area (Å²) in [6.07, 6.45) is 2.48. The lowest BCUT2D eigenvalue weighted by Crippen LogP contribution is -2.45. The van der Waals surface area contributed by atoms with E-state index in [9.17, 15) is 4.79 Å². The Morgan fingerprint density at radius 2 is 2.19 bits per heavy atom. The van der Waals surface area contributed by atoms with Crippen LogP contribution in [0.1, 0.15) is 37.6 Å². The molecule has 0 saturated carbocycles. The second-order valence-electron chi connectivity index (χ2n) is 5.78. The molecule has 2 unspecified atom stereocenters. The van der Waals surface area contributed by atoms with E-state index in [2.05, 4.69) is 34.7 Å². The minimum atomic E-state index is -0.444. The van der Waals surface area contributed by atoms with E-state index < -0.39 is 6.04 Å². The molecule has 1 fully saturated rings. The standard InChI is InChI=1S/C15H25N3OS.ClH/c1-11-5-7-18(8-6-11)13(14-4-3-9-20-14)10-17-15(19)12(2)16;/h3-4,9,11-13H,5-8,10,16H2,1-2H3,(H,17,19);1H. The Kier molecular flexibility index (Phi) is 7.66. The van der Waals surface area contributed by atoms with Gasteiger partial charge in [0, 0.05) is 11.4 Å². The molecule has 0 bridgehead atoms. The number of likely N-dealkylation sites (tertiary alicyclic amines) is 1. The zero-order valence-corrected chi connectivity index (χ0v) is 14.4. The minimum absolute atomic E-state index is 0. The number of halogens is 1. The molecule has 0 radical (unpaired) electrons. The number of hydrogen-bond acceptors (Lipinski definition) is 4. The van der Waals surface area contributed by atoms with Gasteiger partial charge in [-0.2, -0.15) is 0 Å². The first kappa shape index (κ1) is 18.4. The van der Waals surface area contributed by atoms with Gasteiger partial charge in [-0.05, 0) is 50.2 Å². The molecule has 1 saturated heterocycles. The van der Waals surface area contributed by atoms with E-state index in [1.807, 2.05) is 0 Å². The van der Waals surface area contributed by atoms with E-state index in [1.165, 1.54) is 17.7 Å². The molecule has 1 aliphatic heterocycles. The number of thiophene rings is 1. The highest BCUT2D eigenvalue weighted by molar-refractivity contribution is 7.10. The molecule has 6 heteroatoms. The average Bonchev–Trinajstić information content (AvgIpc) is 2.94. The van der Waals surface area contributed by atoms with Crippen molar-refractivity contribution < 1.29 is 4.79 Å². The molecule has 0 spiro atoms. The fourth-order valence-electron chi connectivity index (χ4n) is 2.59. The average molecular weight is 332 g/mol. The maximum absolute atomic E-state index is 11.7. The summed E-state index contributed by atoms with van der Waals surface area (Å²) in [6, 6.07) is 4.07. The highest BCUT2D eigenvalue weighted by atomic mass is 35.5. The van der Waals surface area contributed by atoms with Crippen molar-refractivity contribution in [2.24, 2.45) is 11.7 Å². The Labute approximate surface area is 137 Å². The third kappa shape index (κ3) is 5.25. The van der Waals surface area contributed by atoms with Crippen LogP contribution in [-0.4, -0.2) is 36.5 Å². The van der Waals surface area contributed by atoms with Gasteiger partial charge in [-0.1, -0.05) is 13.0 Å². The number of piperidine rings is 1. The van der Waals surface area contributed by atoms with Crippen molar-refractivity contribution in [1.29, 1.82) is 0 Å². The van der Waals surface area contributed by atoms with E-state index in [0.29, 0.717) is 6.54 Å². The number of carbonyl (C=O) groups excluding carboxylic acids is 1. The smallest absolute Gasteiger partial charge is 0.236 e. The lowest BCUT2D eigenvalue weighted by Gasteiger charge is -2.36. The molecule has 1 amide bonds. The lowest BCUT2D eigenvalue weighted by molar-refractivity contribution is -0.122. The summed E-state index contributed by atoms with van der Waals surface area (Å²) in [7, 11) is 0. The van der Waals surface area contributed by atoms with E-state index in [0.717, 1.165) is 19.0 Å². The Bertz CT molecular complexity index is 417. The van der Waals surface area contributed by atoms with Gasteiger partial charge in [-0.25, -0.2) is 0 Å². The summed E-state index contributed by atoms with van der Waals surface area (Å²) in [5.74, 6) is 0.742. The molecule has 21 heavy (non-hydrogen) atoms. The highest BCUT2D eigenvalue weighted by Gasteiger charge is 2.25. The molecular weight excluding hydrogens is 306 g/mol. The summed E-state index contributed by atoms with van der Waals surface area (Å²) in [5, 5.41) is 5.08. The molecule has 2 atom stereocenters. The molecule has 3 N–H and O–H groups in total. The highest BCUT2D eigenvalue weighted by Crippen LogP contribution is 2.28. The van der Waals surface area contributed by atoms with Crippen molar-refractivity contribution in [2.75, 3.05) is 19.6 Å². The Morgan fingerprint density at radius 1 is 1.52 bits per heavy atom. The number of rotatable bonds is 5. The van der Waals surface area contributed by atoms with Crippen LogP contribution in [0.4, 0.5) is 0 Å². The van der Waals surface area contributed by atoms with Crippen LogP contribution >= 0.6 is 23.7 Å². The first-order valence-electron chi connectivity index (χ1n) is 7.38. The molecule has 4 nitrogen and oxygen atoms in total. The number of carbonyl (C=O) groups is 1. The van der Waals surface area contributed by atoms with E-state index in [-0.39, 0.29) is 24.4 Å². The van der Waals surface area contributed by atoms with Crippen molar-refractivity contribution in [3.05, 3.63) is 22.4 Å². The van der Waals surface area contributed by atoms with Crippen LogP contribution in [0.3, 0.4) is 0 Å². The van der Waals surface area contributed by atoms with Crippen molar-refractivity contribution in [3.63, 3.8) is 0 Å². The van der Waals surface area contributed by atoms with Crippen molar-refractivity contribution in [3.8, 4) is 0 Å². The predicted octanol–water partition coefficient (Wildman–Crippen LogP) is 2.41. The SMILES string of the molecule is CC1CCN(C(CNC(=O)C(C)N)c2cccs2)CC1.Cl. The van der Waals surface area contributed by atoms with Crippen LogP contribution in [0.5, 0.6) is 0 Å². The van der Waals surface area contributed by atoms with Crippen LogP contribution in [0.15, 0.2) is 17.5 Å². The van der Waals surface area contributed by atoms with E-state index in [4.69, 9.17) is 5.73 Å². The zero-order valence-electron chi connectivity index (χ0n) is 12.7. The van der Waals surface area contributed by atoms with Crippen LogP contribution in [-0.2, 0) is 4.79 Å². The van der Waals surface area contributed by atoms with Gasteiger partial charge in [0.2, 0.25) is 5.91 Å². The number of amides is 1. The minimum Gasteiger partial charge on any atom is -0.353 e. The lowest BCUT2D eigenvalue weighted by atomic mass is 9.97.